The van der Waals surface area contributed by atoms with Crippen molar-refractivity contribution in [2.24, 2.45) is 0 Å². The predicted octanol–water partition coefficient (Wildman–Crippen LogP) is 0.990. The van der Waals surface area contributed by atoms with Crippen LogP contribution < -0.4 is 10.6 Å². The van der Waals surface area contributed by atoms with E-state index in [1.807, 2.05) is 6.92 Å². The van der Waals surface area contributed by atoms with Crippen LogP contribution in [0.15, 0.2) is 17.5 Å². The van der Waals surface area contributed by atoms with Crippen molar-refractivity contribution >= 4 is 23.2 Å². The largest absolute Gasteiger partial charge is 0.479 e. The minimum Gasteiger partial charge on any atom is -0.479 e. The van der Waals surface area contributed by atoms with E-state index < -0.39 is 12.0 Å². The van der Waals surface area contributed by atoms with Crippen LogP contribution in [-0.2, 0) is 9.59 Å². The molecule has 6 heteroatoms. The quantitative estimate of drug-likeness (QED) is 0.636. The first-order valence-corrected chi connectivity index (χ1v) is 6.29. The number of hydrogen-bond acceptors (Lipinski definition) is 4. The highest BCUT2D eigenvalue weighted by atomic mass is 32.1. The van der Waals surface area contributed by atoms with Crippen molar-refractivity contribution in [1.82, 2.24) is 10.6 Å². The molecule has 1 aromatic heterocycles. The predicted molar refractivity (Wildman–Crippen MR) is 66.0 cm³/mol. The molecule has 17 heavy (non-hydrogen) atoms. The Morgan fingerprint density at radius 3 is 2.82 bits per heavy atom. The zero-order valence-electron chi connectivity index (χ0n) is 9.60. The van der Waals surface area contributed by atoms with Crippen molar-refractivity contribution in [2.45, 2.75) is 19.4 Å². The van der Waals surface area contributed by atoms with E-state index in [-0.39, 0.29) is 12.3 Å². The van der Waals surface area contributed by atoms with Gasteiger partial charge in [-0.15, -0.1) is 11.3 Å². The third kappa shape index (κ3) is 4.54. The molecule has 0 aromatic carbocycles. The minimum atomic E-state index is -1.04. The molecule has 0 radical (unpaired) electrons. The molecule has 1 heterocycles. The summed E-state index contributed by atoms with van der Waals surface area (Å²) >= 11 is 1.32. The Hall–Kier alpha value is -1.40. The van der Waals surface area contributed by atoms with Crippen molar-refractivity contribution in [2.75, 3.05) is 13.1 Å². The molecule has 1 aromatic rings. The number of carboxylic acids is 1. The summed E-state index contributed by atoms with van der Waals surface area (Å²) in [6, 6.07) is 2.53. The van der Waals surface area contributed by atoms with Crippen LogP contribution in [0.2, 0.25) is 0 Å². The number of hydrogen-bond donors (Lipinski definition) is 3. The lowest BCUT2D eigenvalue weighted by atomic mass is 10.2. The van der Waals surface area contributed by atoms with Crippen LogP contribution in [0.3, 0.4) is 0 Å². The summed E-state index contributed by atoms with van der Waals surface area (Å²) in [7, 11) is 0. The number of amides is 1. The van der Waals surface area contributed by atoms with Gasteiger partial charge in [0.05, 0.1) is 0 Å². The zero-order valence-corrected chi connectivity index (χ0v) is 10.4. The van der Waals surface area contributed by atoms with E-state index in [9.17, 15) is 9.59 Å². The summed E-state index contributed by atoms with van der Waals surface area (Å²) in [6.45, 7) is 3.29. The second-order valence-electron chi connectivity index (χ2n) is 3.46. The van der Waals surface area contributed by atoms with Crippen molar-refractivity contribution in [1.29, 1.82) is 0 Å². The first-order chi connectivity index (χ1) is 8.15. The summed E-state index contributed by atoms with van der Waals surface area (Å²) in [5.41, 5.74) is 0. The molecule has 0 aliphatic carbocycles. The lowest BCUT2D eigenvalue weighted by Gasteiger charge is -2.12. The van der Waals surface area contributed by atoms with E-state index in [1.165, 1.54) is 11.3 Å². The normalized spacial score (nSPS) is 12.1. The number of carbonyl (C=O) groups excluding carboxylic acids is 1. The van der Waals surface area contributed by atoms with E-state index in [2.05, 4.69) is 10.6 Å². The third-order valence-corrected chi connectivity index (χ3v) is 3.10. The molecule has 0 saturated heterocycles. The fourth-order valence-electron chi connectivity index (χ4n) is 1.32. The fourth-order valence-corrected chi connectivity index (χ4v) is 2.09. The van der Waals surface area contributed by atoms with Gasteiger partial charge in [-0.25, -0.2) is 4.79 Å². The standard InChI is InChI=1S/C11H16N2O3S/c1-2-12-6-5-9(14)13-10(11(15)16)8-4-3-7-17-8/h3-4,7,10,12H,2,5-6H2,1H3,(H,13,14)(H,15,16). The zero-order chi connectivity index (χ0) is 12.7. The topological polar surface area (TPSA) is 78.4 Å². The maximum atomic E-state index is 11.5. The molecule has 0 spiro atoms. The lowest BCUT2D eigenvalue weighted by molar-refractivity contribution is -0.141. The lowest BCUT2D eigenvalue weighted by Crippen LogP contribution is -2.34. The van der Waals surface area contributed by atoms with Crippen LogP contribution in [0.1, 0.15) is 24.3 Å². The van der Waals surface area contributed by atoms with Gasteiger partial charge in [-0.3, -0.25) is 4.79 Å². The van der Waals surface area contributed by atoms with Gasteiger partial charge in [0.25, 0.3) is 0 Å². The summed E-state index contributed by atoms with van der Waals surface area (Å²) < 4.78 is 0. The molecule has 1 atom stereocenters. The number of thiophene rings is 1. The summed E-state index contributed by atoms with van der Waals surface area (Å²) in [5, 5.41) is 16.4. The van der Waals surface area contributed by atoms with E-state index in [4.69, 9.17) is 5.11 Å². The fraction of sp³-hybridized carbons (Fsp3) is 0.455. The second kappa shape index (κ2) is 7.03. The molecule has 1 rings (SSSR count). The Labute approximate surface area is 104 Å². The van der Waals surface area contributed by atoms with Crippen molar-refractivity contribution in [3.05, 3.63) is 22.4 Å². The van der Waals surface area contributed by atoms with Gasteiger partial charge in [0.15, 0.2) is 6.04 Å². The molecule has 5 nitrogen and oxygen atoms in total. The van der Waals surface area contributed by atoms with Crippen LogP contribution in [0.5, 0.6) is 0 Å². The van der Waals surface area contributed by atoms with Crippen molar-refractivity contribution in [3.8, 4) is 0 Å². The molecule has 94 valence electrons. The van der Waals surface area contributed by atoms with Gasteiger partial charge in [0.1, 0.15) is 0 Å². The molecule has 3 N–H and O–H groups in total. The summed E-state index contributed by atoms with van der Waals surface area (Å²) in [5.74, 6) is -1.30. The highest BCUT2D eigenvalue weighted by Gasteiger charge is 2.22. The Morgan fingerprint density at radius 1 is 1.53 bits per heavy atom. The summed E-state index contributed by atoms with van der Waals surface area (Å²) in [4.78, 5) is 23.2. The van der Waals surface area contributed by atoms with Gasteiger partial charge in [-0.2, -0.15) is 0 Å². The maximum absolute atomic E-state index is 11.5. The van der Waals surface area contributed by atoms with Crippen LogP contribution in [-0.4, -0.2) is 30.1 Å². The van der Waals surface area contributed by atoms with Crippen LogP contribution in [0.4, 0.5) is 0 Å². The summed E-state index contributed by atoms with van der Waals surface area (Å²) in [6.07, 6.45) is 0.281. The number of aliphatic carboxylic acids is 1. The van der Waals surface area contributed by atoms with Crippen molar-refractivity contribution in [3.63, 3.8) is 0 Å². The average Bonchev–Trinajstić information content (AvgIpc) is 2.79. The monoisotopic (exact) mass is 256 g/mol. The number of carboxylic acid groups (broad SMARTS) is 1. The first kappa shape index (κ1) is 13.7. The Balaban J connectivity index is 2.51. The highest BCUT2D eigenvalue weighted by molar-refractivity contribution is 7.10. The van der Waals surface area contributed by atoms with Gasteiger partial charge < -0.3 is 15.7 Å². The second-order valence-corrected chi connectivity index (χ2v) is 4.44. The molecular formula is C11H16N2O3S. The number of nitrogens with one attached hydrogen (secondary N) is 2. The minimum absolute atomic E-state index is 0.258. The molecular weight excluding hydrogens is 240 g/mol. The van der Waals surface area contributed by atoms with E-state index in [0.717, 1.165) is 6.54 Å². The molecule has 0 aliphatic rings. The SMILES string of the molecule is CCNCCC(=O)NC(C(=O)O)c1cccs1. The number of carbonyl (C=O) groups is 2. The average molecular weight is 256 g/mol. The van der Waals surface area contributed by atoms with Crippen LogP contribution in [0.25, 0.3) is 0 Å². The first-order valence-electron chi connectivity index (χ1n) is 5.41. The van der Waals surface area contributed by atoms with E-state index in [1.54, 1.807) is 17.5 Å². The van der Waals surface area contributed by atoms with Crippen LogP contribution in [0, 0.1) is 0 Å². The maximum Gasteiger partial charge on any atom is 0.331 e. The van der Waals surface area contributed by atoms with Gasteiger partial charge >= 0.3 is 5.97 Å². The molecule has 0 aliphatic heterocycles. The third-order valence-electron chi connectivity index (χ3n) is 2.16. The number of rotatable bonds is 7. The van der Waals surface area contributed by atoms with Crippen molar-refractivity contribution < 1.29 is 14.7 Å². The van der Waals surface area contributed by atoms with Crippen LogP contribution >= 0.6 is 11.3 Å². The molecule has 0 bridgehead atoms. The Kier molecular flexibility index (Phi) is 5.65. The smallest absolute Gasteiger partial charge is 0.331 e. The van der Waals surface area contributed by atoms with E-state index >= 15 is 0 Å². The van der Waals surface area contributed by atoms with E-state index in [0.29, 0.717) is 11.4 Å². The molecule has 0 fully saturated rings. The molecule has 1 unspecified atom stereocenters. The Bertz CT molecular complexity index is 365. The van der Waals surface area contributed by atoms with Gasteiger partial charge in [0, 0.05) is 17.8 Å². The highest BCUT2D eigenvalue weighted by Crippen LogP contribution is 2.19. The van der Waals surface area contributed by atoms with Gasteiger partial charge in [-0.05, 0) is 18.0 Å². The van der Waals surface area contributed by atoms with Gasteiger partial charge in [0.2, 0.25) is 5.91 Å². The molecule has 0 saturated carbocycles. The van der Waals surface area contributed by atoms with Gasteiger partial charge in [-0.1, -0.05) is 13.0 Å². The Morgan fingerprint density at radius 2 is 2.29 bits per heavy atom. The molecule has 1 amide bonds.